The van der Waals surface area contributed by atoms with Crippen LogP contribution < -0.4 is 10.1 Å². The van der Waals surface area contributed by atoms with Crippen molar-refractivity contribution in [2.45, 2.75) is 72.3 Å². The summed E-state index contributed by atoms with van der Waals surface area (Å²) < 4.78 is 13.1. The number of aryl methyl sites for hydroxylation is 1. The number of anilines is 1. The zero-order chi connectivity index (χ0) is 26.5. The van der Waals surface area contributed by atoms with Crippen molar-refractivity contribution in [2.75, 3.05) is 18.5 Å². The van der Waals surface area contributed by atoms with Crippen LogP contribution in [0.2, 0.25) is 0 Å². The number of rotatable bonds is 15. The summed E-state index contributed by atoms with van der Waals surface area (Å²) in [7, 11) is 0. The molecular formula is C31H40N2O4. The highest BCUT2D eigenvalue weighted by molar-refractivity contribution is 6.04. The second-order valence-corrected chi connectivity index (χ2v) is 9.27. The smallest absolute Gasteiger partial charge is 0.305 e. The summed E-state index contributed by atoms with van der Waals surface area (Å²) >= 11 is 0. The topological polar surface area (TPSA) is 69.6 Å². The van der Waals surface area contributed by atoms with E-state index >= 15 is 0 Å². The van der Waals surface area contributed by atoms with E-state index in [0.29, 0.717) is 37.5 Å². The van der Waals surface area contributed by atoms with Gasteiger partial charge in [0, 0.05) is 36.1 Å². The molecule has 1 N–H and O–H groups in total. The monoisotopic (exact) mass is 504 g/mol. The minimum absolute atomic E-state index is 0.218. The largest absolute Gasteiger partial charge is 0.491 e. The first-order valence-corrected chi connectivity index (χ1v) is 13.5. The van der Waals surface area contributed by atoms with E-state index < -0.39 is 0 Å². The van der Waals surface area contributed by atoms with Crippen LogP contribution in [0.3, 0.4) is 0 Å². The van der Waals surface area contributed by atoms with Gasteiger partial charge in [-0.3, -0.25) is 9.59 Å². The molecule has 2 aromatic carbocycles. The second-order valence-electron chi connectivity index (χ2n) is 9.27. The maximum Gasteiger partial charge on any atom is 0.305 e. The van der Waals surface area contributed by atoms with Crippen LogP contribution in [0.5, 0.6) is 5.75 Å². The van der Waals surface area contributed by atoms with Crippen LogP contribution in [0.1, 0.15) is 71.3 Å². The Morgan fingerprint density at radius 2 is 1.78 bits per heavy atom. The van der Waals surface area contributed by atoms with Crippen LogP contribution in [0.4, 0.5) is 5.69 Å². The van der Waals surface area contributed by atoms with E-state index in [0.717, 1.165) is 17.7 Å². The summed E-state index contributed by atoms with van der Waals surface area (Å²) in [4.78, 5) is 24.3. The van der Waals surface area contributed by atoms with Gasteiger partial charge in [-0.1, -0.05) is 50.8 Å². The number of para-hydroxylation sites is 2. The molecule has 1 heterocycles. The minimum Gasteiger partial charge on any atom is -0.491 e. The molecule has 0 fully saturated rings. The Balaban J connectivity index is 1.58. The Bertz CT molecular complexity index is 1190. The van der Waals surface area contributed by atoms with Crippen molar-refractivity contribution in [1.82, 2.24) is 4.57 Å². The molecule has 0 aliphatic rings. The first-order chi connectivity index (χ1) is 18.0. The summed E-state index contributed by atoms with van der Waals surface area (Å²) in [5, 5.41) is 4.11. The molecule has 0 aliphatic carbocycles. The summed E-state index contributed by atoms with van der Waals surface area (Å²) in [5.41, 5.74) is 3.73. The van der Waals surface area contributed by atoms with Crippen LogP contribution in [-0.4, -0.2) is 29.7 Å². The van der Waals surface area contributed by atoms with Gasteiger partial charge in [0.1, 0.15) is 5.75 Å². The van der Waals surface area contributed by atoms with Gasteiger partial charge in [0.15, 0.2) is 0 Å². The van der Waals surface area contributed by atoms with Gasteiger partial charge in [0.05, 0.1) is 18.9 Å². The molecule has 0 radical (unpaired) electrons. The molecule has 0 bridgehead atoms. The maximum absolute atomic E-state index is 12.8. The zero-order valence-corrected chi connectivity index (χ0v) is 22.4. The second kappa shape index (κ2) is 14.9. The van der Waals surface area contributed by atoms with Crippen molar-refractivity contribution in [3.05, 3.63) is 66.4 Å². The Morgan fingerprint density at radius 1 is 0.973 bits per heavy atom. The third kappa shape index (κ3) is 8.81. The van der Waals surface area contributed by atoms with E-state index in [9.17, 15) is 9.59 Å². The van der Waals surface area contributed by atoms with Crippen LogP contribution in [0, 0.1) is 0 Å². The summed E-state index contributed by atoms with van der Waals surface area (Å²) in [6, 6.07) is 15.8. The van der Waals surface area contributed by atoms with Crippen LogP contribution in [0.25, 0.3) is 16.5 Å². The highest BCUT2D eigenvalue weighted by Crippen LogP contribution is 2.26. The number of fused-ring (bicyclic) bond motifs is 1. The lowest BCUT2D eigenvalue weighted by Gasteiger charge is -2.12. The normalized spacial score (nSPS) is 11.5. The molecule has 37 heavy (non-hydrogen) atoms. The average molecular weight is 505 g/mol. The Hall–Kier alpha value is -3.54. The molecule has 0 unspecified atom stereocenters. The fourth-order valence-electron chi connectivity index (χ4n) is 4.30. The van der Waals surface area contributed by atoms with Gasteiger partial charge >= 0.3 is 5.97 Å². The Morgan fingerprint density at radius 3 is 2.59 bits per heavy atom. The van der Waals surface area contributed by atoms with Gasteiger partial charge in [-0.2, -0.15) is 0 Å². The fourth-order valence-corrected chi connectivity index (χ4v) is 4.30. The predicted molar refractivity (Wildman–Crippen MR) is 151 cm³/mol. The first kappa shape index (κ1) is 28.0. The predicted octanol–water partition coefficient (Wildman–Crippen LogP) is 7.38. The standard InChI is InChI=1S/C31H40N2O4/c1-4-6-7-8-11-19-33-20-18-26-23-25(16-17-28(26)33)24(3)22-30(34)32-27-13-9-10-14-29(27)37-21-12-15-31(35)36-5-2/h9-10,13-14,16-18,20,22-23H,4-8,11-12,15,19,21H2,1-3H3,(H,32,34)/b24-22+. The lowest BCUT2D eigenvalue weighted by Crippen LogP contribution is -2.11. The molecule has 3 aromatic rings. The van der Waals surface area contributed by atoms with E-state index in [4.69, 9.17) is 9.47 Å². The number of aromatic nitrogens is 1. The van der Waals surface area contributed by atoms with Gasteiger partial charge in [0.2, 0.25) is 5.91 Å². The molecule has 1 aromatic heterocycles. The van der Waals surface area contributed by atoms with Gasteiger partial charge in [0.25, 0.3) is 0 Å². The SMILES string of the molecule is CCCCCCCn1ccc2cc(/C(C)=C/C(=O)Nc3ccccc3OCCCC(=O)OCC)ccc21. The third-order valence-electron chi connectivity index (χ3n) is 6.31. The van der Waals surface area contributed by atoms with Crippen LogP contribution in [0.15, 0.2) is 60.8 Å². The molecule has 0 spiro atoms. The number of hydrogen-bond donors (Lipinski definition) is 1. The summed E-state index contributed by atoms with van der Waals surface area (Å²) in [6.45, 7) is 7.75. The first-order valence-electron chi connectivity index (χ1n) is 13.5. The van der Waals surface area contributed by atoms with Crippen LogP contribution >= 0.6 is 0 Å². The van der Waals surface area contributed by atoms with E-state index in [-0.39, 0.29) is 11.9 Å². The molecule has 0 atom stereocenters. The molecule has 0 saturated heterocycles. The number of carbonyl (C=O) groups excluding carboxylic acids is 2. The Kier molecular flexibility index (Phi) is 11.3. The fraction of sp³-hybridized carbons (Fsp3) is 0.419. The molecule has 6 heteroatoms. The number of nitrogens with zero attached hydrogens (tertiary/aromatic N) is 1. The third-order valence-corrected chi connectivity index (χ3v) is 6.31. The van der Waals surface area contributed by atoms with E-state index in [2.05, 4.69) is 47.3 Å². The highest BCUT2D eigenvalue weighted by atomic mass is 16.5. The lowest BCUT2D eigenvalue weighted by atomic mass is 10.0. The molecule has 198 valence electrons. The van der Waals surface area contributed by atoms with Gasteiger partial charge in [-0.25, -0.2) is 0 Å². The van der Waals surface area contributed by atoms with Crippen molar-refractivity contribution in [3.8, 4) is 5.75 Å². The molecule has 0 saturated carbocycles. The van der Waals surface area contributed by atoms with E-state index in [1.165, 1.54) is 43.0 Å². The maximum atomic E-state index is 12.8. The number of hydrogen-bond acceptors (Lipinski definition) is 4. The summed E-state index contributed by atoms with van der Waals surface area (Å²) in [5.74, 6) is 0.124. The zero-order valence-electron chi connectivity index (χ0n) is 22.4. The summed E-state index contributed by atoms with van der Waals surface area (Å²) in [6.07, 6.45) is 11.0. The highest BCUT2D eigenvalue weighted by Gasteiger charge is 2.09. The van der Waals surface area contributed by atoms with E-state index in [1.54, 1.807) is 25.1 Å². The van der Waals surface area contributed by atoms with Gasteiger partial charge in [-0.15, -0.1) is 0 Å². The average Bonchev–Trinajstić information content (AvgIpc) is 3.29. The lowest BCUT2D eigenvalue weighted by molar-refractivity contribution is -0.143. The van der Waals surface area contributed by atoms with Crippen molar-refractivity contribution in [2.24, 2.45) is 0 Å². The number of amides is 1. The molecule has 1 amide bonds. The molecule has 3 rings (SSSR count). The van der Waals surface area contributed by atoms with Crippen molar-refractivity contribution < 1.29 is 19.1 Å². The van der Waals surface area contributed by atoms with Gasteiger partial charge < -0.3 is 19.4 Å². The molecular weight excluding hydrogens is 464 g/mol. The number of nitrogens with one attached hydrogen (secondary N) is 1. The van der Waals surface area contributed by atoms with Crippen LogP contribution in [-0.2, 0) is 20.9 Å². The number of allylic oxidation sites excluding steroid dienone is 1. The number of ether oxygens (including phenoxy) is 2. The van der Waals surface area contributed by atoms with Crippen molar-refractivity contribution >= 4 is 34.0 Å². The molecule has 6 nitrogen and oxygen atoms in total. The number of unbranched alkanes of at least 4 members (excludes halogenated alkanes) is 4. The van der Waals surface area contributed by atoms with Crippen molar-refractivity contribution in [3.63, 3.8) is 0 Å². The number of carbonyl (C=O) groups is 2. The number of benzene rings is 2. The van der Waals surface area contributed by atoms with E-state index in [1.807, 2.05) is 19.1 Å². The molecule has 0 aliphatic heterocycles. The minimum atomic E-state index is -0.231. The Labute approximate surface area is 220 Å². The number of esters is 1. The quantitative estimate of drug-likeness (QED) is 0.133. The van der Waals surface area contributed by atoms with Gasteiger partial charge in [-0.05, 0) is 68.2 Å². The van der Waals surface area contributed by atoms with Crippen molar-refractivity contribution in [1.29, 1.82) is 0 Å².